The van der Waals surface area contributed by atoms with Crippen LogP contribution in [-0.4, -0.2) is 35.8 Å². The third-order valence-electron chi connectivity index (χ3n) is 2.02. The van der Waals surface area contributed by atoms with Gasteiger partial charge in [0.05, 0.1) is 0 Å². The number of imide groups is 1. The first-order valence-corrected chi connectivity index (χ1v) is 6.20. The highest BCUT2D eigenvalue weighted by molar-refractivity contribution is 6.31. The van der Waals surface area contributed by atoms with Crippen molar-refractivity contribution in [2.24, 2.45) is 5.92 Å². The molecule has 7 heteroatoms. The Bertz CT molecular complexity index is 319. The third-order valence-corrected chi connectivity index (χ3v) is 2.22. The maximum absolute atomic E-state index is 11.5. The molecule has 18 heavy (non-hydrogen) atoms. The summed E-state index contributed by atoms with van der Waals surface area (Å²) < 4.78 is 0. The van der Waals surface area contributed by atoms with Crippen molar-refractivity contribution in [2.45, 2.75) is 39.1 Å². The molecule has 0 aromatic heterocycles. The number of rotatable bonds is 5. The van der Waals surface area contributed by atoms with E-state index in [0.29, 0.717) is 12.5 Å². The molecule has 2 atom stereocenters. The molecular formula is C11H20ClN3O3. The number of carbonyl (C=O) groups is 3. The molecule has 0 rings (SSSR count). The third kappa shape index (κ3) is 7.11. The van der Waals surface area contributed by atoms with Gasteiger partial charge in [-0.25, -0.2) is 4.79 Å². The molecule has 0 aromatic carbocycles. The molecule has 0 saturated carbocycles. The van der Waals surface area contributed by atoms with Gasteiger partial charge in [-0.3, -0.25) is 14.9 Å². The first-order chi connectivity index (χ1) is 8.23. The summed E-state index contributed by atoms with van der Waals surface area (Å²) in [6.07, 6.45) is 0. The number of halogens is 1. The Morgan fingerprint density at radius 3 is 2.06 bits per heavy atom. The minimum absolute atomic E-state index is 0.301. The first-order valence-electron chi connectivity index (χ1n) is 5.77. The molecular weight excluding hydrogens is 258 g/mol. The van der Waals surface area contributed by atoms with Gasteiger partial charge in [0.15, 0.2) is 0 Å². The average molecular weight is 278 g/mol. The second kappa shape index (κ2) is 7.92. The molecule has 0 bridgehead atoms. The maximum Gasteiger partial charge on any atom is 0.322 e. The zero-order valence-corrected chi connectivity index (χ0v) is 11.8. The number of nitrogens with one attached hydrogen (secondary N) is 3. The molecule has 0 heterocycles. The summed E-state index contributed by atoms with van der Waals surface area (Å²) in [6.45, 7) is 7.44. The Balaban J connectivity index is 4.07. The zero-order valence-electron chi connectivity index (χ0n) is 11.0. The van der Waals surface area contributed by atoms with Gasteiger partial charge in [-0.15, -0.1) is 11.6 Å². The van der Waals surface area contributed by atoms with Gasteiger partial charge in [0.1, 0.15) is 11.4 Å². The van der Waals surface area contributed by atoms with E-state index < -0.39 is 23.4 Å². The van der Waals surface area contributed by atoms with Crippen molar-refractivity contribution < 1.29 is 14.4 Å². The van der Waals surface area contributed by atoms with Gasteiger partial charge in [0.2, 0.25) is 11.8 Å². The summed E-state index contributed by atoms with van der Waals surface area (Å²) in [6, 6.07) is -1.46. The normalized spacial score (nSPS) is 13.7. The number of hydrogen-bond donors (Lipinski definition) is 3. The fourth-order valence-corrected chi connectivity index (χ4v) is 1.02. The Morgan fingerprint density at radius 2 is 1.61 bits per heavy atom. The second-order valence-electron chi connectivity index (χ2n) is 4.44. The highest BCUT2D eigenvalue weighted by Gasteiger charge is 2.18. The van der Waals surface area contributed by atoms with E-state index in [4.69, 9.17) is 11.6 Å². The average Bonchev–Trinajstić information content (AvgIpc) is 2.24. The Morgan fingerprint density at radius 1 is 1.06 bits per heavy atom. The van der Waals surface area contributed by atoms with Gasteiger partial charge in [-0.05, 0) is 19.8 Å². The molecule has 0 spiro atoms. The van der Waals surface area contributed by atoms with Crippen LogP contribution in [0.1, 0.15) is 27.7 Å². The van der Waals surface area contributed by atoms with Crippen molar-refractivity contribution in [2.75, 3.05) is 6.54 Å². The van der Waals surface area contributed by atoms with E-state index in [1.165, 1.54) is 13.8 Å². The SMILES string of the molecule is CC(C)CNC(=O)C(C)NC(=O)NC(=O)C(C)Cl. The molecule has 3 N–H and O–H groups in total. The number of carbonyl (C=O) groups excluding carboxylic acids is 3. The van der Waals surface area contributed by atoms with Crippen molar-refractivity contribution in [3.05, 3.63) is 0 Å². The molecule has 6 nitrogen and oxygen atoms in total. The smallest absolute Gasteiger partial charge is 0.322 e. The van der Waals surface area contributed by atoms with Gasteiger partial charge in [-0.2, -0.15) is 0 Å². The second-order valence-corrected chi connectivity index (χ2v) is 5.09. The van der Waals surface area contributed by atoms with Crippen LogP contribution in [0, 0.1) is 5.92 Å². The molecule has 0 aliphatic heterocycles. The lowest BCUT2D eigenvalue weighted by molar-refractivity contribution is -0.123. The summed E-state index contributed by atoms with van der Waals surface area (Å²) in [5.41, 5.74) is 0. The molecule has 0 radical (unpaired) electrons. The molecule has 4 amide bonds. The first kappa shape index (κ1) is 16.7. The monoisotopic (exact) mass is 277 g/mol. The van der Waals surface area contributed by atoms with Gasteiger partial charge in [-0.1, -0.05) is 13.8 Å². The number of hydrogen-bond acceptors (Lipinski definition) is 3. The Labute approximate surface area is 112 Å². The number of alkyl halides is 1. The van der Waals surface area contributed by atoms with Crippen molar-refractivity contribution in [1.29, 1.82) is 0 Å². The molecule has 0 fully saturated rings. The topological polar surface area (TPSA) is 87.3 Å². The number of urea groups is 1. The summed E-state index contributed by atoms with van der Waals surface area (Å²) in [7, 11) is 0. The van der Waals surface area contributed by atoms with E-state index in [0.717, 1.165) is 0 Å². The quantitative estimate of drug-likeness (QED) is 0.643. The lowest BCUT2D eigenvalue weighted by atomic mass is 10.2. The van der Waals surface area contributed by atoms with Crippen LogP contribution in [0.5, 0.6) is 0 Å². The summed E-state index contributed by atoms with van der Waals surface area (Å²) in [5.74, 6) is -0.581. The van der Waals surface area contributed by atoms with Crippen molar-refractivity contribution in [3.63, 3.8) is 0 Å². The molecule has 0 aliphatic carbocycles. The standard InChI is InChI=1S/C11H20ClN3O3/c1-6(2)5-13-10(17)8(4)14-11(18)15-9(16)7(3)12/h6-8H,5H2,1-4H3,(H,13,17)(H2,14,15,16,18). The van der Waals surface area contributed by atoms with Crippen molar-refractivity contribution in [1.82, 2.24) is 16.0 Å². The summed E-state index contributed by atoms with van der Waals surface area (Å²) in [4.78, 5) is 34.0. The van der Waals surface area contributed by atoms with Gasteiger partial charge in [0.25, 0.3) is 0 Å². The van der Waals surface area contributed by atoms with Crippen LogP contribution in [0.2, 0.25) is 0 Å². The fourth-order valence-electron chi connectivity index (χ4n) is 0.967. The van der Waals surface area contributed by atoms with Crippen LogP contribution in [0.15, 0.2) is 0 Å². The van der Waals surface area contributed by atoms with E-state index >= 15 is 0 Å². The van der Waals surface area contributed by atoms with E-state index in [9.17, 15) is 14.4 Å². The van der Waals surface area contributed by atoms with E-state index in [1.54, 1.807) is 0 Å². The summed E-state index contributed by atoms with van der Waals surface area (Å²) in [5, 5.41) is 6.24. The molecule has 0 aromatic rings. The minimum Gasteiger partial charge on any atom is -0.354 e. The lowest BCUT2D eigenvalue weighted by Gasteiger charge is -2.15. The molecule has 0 saturated heterocycles. The van der Waals surface area contributed by atoms with Gasteiger partial charge in [0, 0.05) is 6.54 Å². The minimum atomic E-state index is -0.805. The van der Waals surface area contributed by atoms with E-state index in [2.05, 4.69) is 10.6 Å². The van der Waals surface area contributed by atoms with E-state index in [-0.39, 0.29) is 5.91 Å². The van der Waals surface area contributed by atoms with Crippen molar-refractivity contribution >= 4 is 29.4 Å². The highest BCUT2D eigenvalue weighted by atomic mass is 35.5. The predicted octanol–water partition coefficient (Wildman–Crippen LogP) is 0.600. The Kier molecular flexibility index (Phi) is 7.35. The van der Waals surface area contributed by atoms with Gasteiger partial charge < -0.3 is 10.6 Å². The summed E-state index contributed by atoms with van der Waals surface area (Å²) >= 11 is 5.48. The maximum atomic E-state index is 11.5. The lowest BCUT2D eigenvalue weighted by Crippen LogP contribution is -2.51. The van der Waals surface area contributed by atoms with E-state index in [1.807, 2.05) is 19.2 Å². The Hall–Kier alpha value is -1.30. The van der Waals surface area contributed by atoms with Crippen molar-refractivity contribution in [3.8, 4) is 0 Å². The van der Waals surface area contributed by atoms with Crippen LogP contribution < -0.4 is 16.0 Å². The zero-order chi connectivity index (χ0) is 14.3. The predicted molar refractivity (Wildman–Crippen MR) is 69.3 cm³/mol. The molecule has 0 aliphatic rings. The van der Waals surface area contributed by atoms with Crippen LogP contribution in [0.4, 0.5) is 4.79 Å². The van der Waals surface area contributed by atoms with Crippen LogP contribution >= 0.6 is 11.6 Å². The molecule has 104 valence electrons. The largest absolute Gasteiger partial charge is 0.354 e. The van der Waals surface area contributed by atoms with Crippen LogP contribution in [0.3, 0.4) is 0 Å². The van der Waals surface area contributed by atoms with Gasteiger partial charge >= 0.3 is 6.03 Å². The van der Waals surface area contributed by atoms with Crippen LogP contribution in [-0.2, 0) is 9.59 Å². The van der Waals surface area contributed by atoms with Crippen LogP contribution in [0.25, 0.3) is 0 Å². The molecule has 2 unspecified atom stereocenters. The highest BCUT2D eigenvalue weighted by Crippen LogP contribution is 1.92. The number of amides is 4. The fraction of sp³-hybridized carbons (Fsp3) is 0.727.